The largest absolute Gasteiger partial charge is 0.491 e. The molecule has 0 spiro atoms. The van der Waals surface area contributed by atoms with Gasteiger partial charge in [-0.05, 0) is 48.6 Å². The Labute approximate surface area is 172 Å². The van der Waals surface area contributed by atoms with Crippen LogP contribution < -0.4 is 4.74 Å². The van der Waals surface area contributed by atoms with Crippen molar-refractivity contribution in [2.45, 2.75) is 51.2 Å². The number of benzene rings is 2. The van der Waals surface area contributed by atoms with Crippen molar-refractivity contribution in [1.82, 2.24) is 9.55 Å². The van der Waals surface area contributed by atoms with Crippen LogP contribution in [0.4, 0.5) is 0 Å². The van der Waals surface area contributed by atoms with E-state index in [1.807, 2.05) is 30.3 Å². The summed E-state index contributed by atoms with van der Waals surface area (Å²) in [5.41, 5.74) is 3.32. The normalized spacial score (nSPS) is 16.4. The molecule has 1 aromatic heterocycles. The van der Waals surface area contributed by atoms with Crippen LogP contribution in [0.25, 0.3) is 11.0 Å². The second-order valence-corrected chi connectivity index (χ2v) is 8.14. The molecule has 1 fully saturated rings. The van der Waals surface area contributed by atoms with Gasteiger partial charge in [0.25, 0.3) is 0 Å². The Hall–Kier alpha value is -2.37. The second-order valence-electron chi connectivity index (χ2n) is 8.14. The van der Waals surface area contributed by atoms with E-state index in [9.17, 15) is 5.11 Å². The van der Waals surface area contributed by atoms with E-state index in [4.69, 9.17) is 14.5 Å². The minimum absolute atomic E-state index is 0.251. The van der Waals surface area contributed by atoms with Crippen molar-refractivity contribution < 1.29 is 14.6 Å². The first-order valence-electron chi connectivity index (χ1n) is 10.6. The van der Waals surface area contributed by atoms with E-state index in [0.29, 0.717) is 18.4 Å². The number of nitrogens with zero attached hydrogens (tertiary/aromatic N) is 2. The fraction of sp³-hybridized carbons (Fsp3) is 0.458. The molecule has 5 nitrogen and oxygen atoms in total. The summed E-state index contributed by atoms with van der Waals surface area (Å²) in [7, 11) is 0. The Balaban J connectivity index is 1.47. The van der Waals surface area contributed by atoms with E-state index in [2.05, 4.69) is 36.6 Å². The molecule has 3 aromatic rings. The van der Waals surface area contributed by atoms with E-state index in [-0.39, 0.29) is 6.61 Å². The molecule has 154 valence electrons. The average molecular weight is 395 g/mol. The summed E-state index contributed by atoms with van der Waals surface area (Å²) in [6, 6.07) is 16.3. The van der Waals surface area contributed by atoms with Gasteiger partial charge in [0.05, 0.1) is 17.6 Å². The molecule has 1 aliphatic rings. The average Bonchev–Trinajstić information content (AvgIpc) is 3.11. The number of hydrogen-bond donors (Lipinski definition) is 1. The van der Waals surface area contributed by atoms with Crippen LogP contribution in [0, 0.1) is 0 Å². The van der Waals surface area contributed by atoms with Gasteiger partial charge in [-0.2, -0.15) is 0 Å². The molecule has 4 rings (SSSR count). The zero-order valence-corrected chi connectivity index (χ0v) is 17.3. The molecule has 0 aliphatic carbocycles. The van der Waals surface area contributed by atoms with Gasteiger partial charge in [0.1, 0.15) is 24.3 Å². The molecule has 1 aliphatic heterocycles. The van der Waals surface area contributed by atoms with Crippen molar-refractivity contribution in [3.8, 4) is 5.75 Å². The first-order chi connectivity index (χ1) is 14.1. The fourth-order valence-corrected chi connectivity index (χ4v) is 3.96. The molecule has 5 heteroatoms. The first-order valence-corrected chi connectivity index (χ1v) is 10.6. The van der Waals surface area contributed by atoms with E-state index < -0.39 is 6.10 Å². The molecule has 2 aromatic carbocycles. The van der Waals surface area contributed by atoms with Crippen LogP contribution >= 0.6 is 0 Å². The molecule has 1 N–H and O–H groups in total. The lowest BCUT2D eigenvalue weighted by Crippen LogP contribution is -2.26. The van der Waals surface area contributed by atoms with Gasteiger partial charge in [-0.15, -0.1) is 0 Å². The molecule has 29 heavy (non-hydrogen) atoms. The van der Waals surface area contributed by atoms with Gasteiger partial charge in [-0.3, -0.25) is 0 Å². The van der Waals surface area contributed by atoms with Gasteiger partial charge in [-0.1, -0.05) is 38.1 Å². The summed E-state index contributed by atoms with van der Waals surface area (Å²) in [4.78, 5) is 4.89. The Morgan fingerprint density at radius 2 is 1.83 bits per heavy atom. The lowest BCUT2D eigenvalue weighted by Gasteiger charge is -2.23. The van der Waals surface area contributed by atoms with Gasteiger partial charge in [0.15, 0.2) is 0 Å². The number of ether oxygens (including phenoxy) is 2. The minimum Gasteiger partial charge on any atom is -0.491 e. The minimum atomic E-state index is -0.615. The van der Waals surface area contributed by atoms with Crippen LogP contribution in [0.3, 0.4) is 0 Å². The molecule has 0 radical (unpaired) electrons. The predicted molar refractivity (Wildman–Crippen MR) is 115 cm³/mol. The first kappa shape index (κ1) is 19.9. The SMILES string of the molecule is CC(C)c1ccc(OCC(O)Cn2c(C3CCOCC3)nc3ccccc32)cc1. The van der Waals surface area contributed by atoms with Crippen molar-refractivity contribution in [2.24, 2.45) is 0 Å². The van der Waals surface area contributed by atoms with Crippen molar-refractivity contribution in [2.75, 3.05) is 19.8 Å². The number of aliphatic hydroxyl groups is 1. The van der Waals surface area contributed by atoms with Gasteiger partial charge in [0, 0.05) is 19.1 Å². The third kappa shape index (κ3) is 4.62. The number of aromatic nitrogens is 2. The third-order valence-electron chi connectivity index (χ3n) is 5.65. The molecule has 0 amide bonds. The van der Waals surface area contributed by atoms with E-state index in [1.54, 1.807) is 0 Å². The summed E-state index contributed by atoms with van der Waals surface area (Å²) in [6.07, 6.45) is 1.33. The topological polar surface area (TPSA) is 56.5 Å². The third-order valence-corrected chi connectivity index (χ3v) is 5.65. The van der Waals surface area contributed by atoms with Crippen LogP contribution in [0.2, 0.25) is 0 Å². The highest BCUT2D eigenvalue weighted by Gasteiger charge is 2.24. The van der Waals surface area contributed by atoms with Gasteiger partial charge in [0.2, 0.25) is 0 Å². The van der Waals surface area contributed by atoms with Crippen molar-refractivity contribution in [3.05, 3.63) is 59.9 Å². The van der Waals surface area contributed by atoms with Crippen LogP contribution in [-0.4, -0.2) is 40.6 Å². The zero-order valence-electron chi connectivity index (χ0n) is 17.3. The second kappa shape index (κ2) is 8.97. The van der Waals surface area contributed by atoms with Crippen molar-refractivity contribution in [1.29, 1.82) is 0 Å². The quantitative estimate of drug-likeness (QED) is 0.641. The molecule has 0 bridgehead atoms. The maximum atomic E-state index is 10.7. The molecule has 1 unspecified atom stereocenters. The Morgan fingerprint density at radius 1 is 1.10 bits per heavy atom. The van der Waals surface area contributed by atoms with Crippen molar-refractivity contribution >= 4 is 11.0 Å². The predicted octanol–water partition coefficient (Wildman–Crippen LogP) is 4.49. The number of para-hydroxylation sites is 2. The summed E-state index contributed by atoms with van der Waals surface area (Å²) in [5.74, 6) is 2.70. The van der Waals surface area contributed by atoms with Crippen molar-refractivity contribution in [3.63, 3.8) is 0 Å². The highest BCUT2D eigenvalue weighted by Crippen LogP contribution is 2.29. The zero-order chi connectivity index (χ0) is 20.2. The molecule has 2 heterocycles. The maximum Gasteiger partial charge on any atom is 0.119 e. The van der Waals surface area contributed by atoms with Crippen LogP contribution in [0.15, 0.2) is 48.5 Å². The number of rotatable bonds is 7. The van der Waals surface area contributed by atoms with E-state index in [1.165, 1.54) is 5.56 Å². The molecular formula is C24H30N2O3. The summed E-state index contributed by atoms with van der Waals surface area (Å²) < 4.78 is 13.5. The monoisotopic (exact) mass is 394 g/mol. The number of hydrogen-bond acceptors (Lipinski definition) is 4. The highest BCUT2D eigenvalue weighted by atomic mass is 16.5. The van der Waals surface area contributed by atoms with Gasteiger partial charge in [-0.25, -0.2) is 4.98 Å². The fourth-order valence-electron chi connectivity index (χ4n) is 3.96. The van der Waals surface area contributed by atoms with E-state index >= 15 is 0 Å². The molecular weight excluding hydrogens is 364 g/mol. The van der Waals surface area contributed by atoms with Crippen LogP contribution in [-0.2, 0) is 11.3 Å². The smallest absolute Gasteiger partial charge is 0.119 e. The number of imidazole rings is 1. The molecule has 1 saturated heterocycles. The molecule has 1 atom stereocenters. The molecule has 0 saturated carbocycles. The lowest BCUT2D eigenvalue weighted by molar-refractivity contribution is 0.0780. The maximum absolute atomic E-state index is 10.7. The lowest BCUT2D eigenvalue weighted by atomic mass is 9.99. The summed E-state index contributed by atoms with van der Waals surface area (Å²) in [6.45, 7) is 6.60. The summed E-state index contributed by atoms with van der Waals surface area (Å²) >= 11 is 0. The van der Waals surface area contributed by atoms with Gasteiger partial charge >= 0.3 is 0 Å². The number of fused-ring (bicyclic) bond motifs is 1. The van der Waals surface area contributed by atoms with Gasteiger partial charge < -0.3 is 19.1 Å². The van der Waals surface area contributed by atoms with Crippen LogP contribution in [0.5, 0.6) is 5.75 Å². The highest BCUT2D eigenvalue weighted by molar-refractivity contribution is 5.76. The Kier molecular flexibility index (Phi) is 6.16. The van der Waals surface area contributed by atoms with Crippen LogP contribution in [0.1, 0.15) is 49.9 Å². The Bertz CT molecular complexity index is 927. The Morgan fingerprint density at radius 3 is 2.55 bits per heavy atom. The summed E-state index contributed by atoms with van der Waals surface area (Å²) in [5, 5.41) is 10.7. The van der Waals surface area contributed by atoms with E-state index in [0.717, 1.165) is 48.7 Å². The standard InChI is InChI=1S/C24H30N2O3/c1-17(2)18-7-9-21(10-8-18)29-16-20(27)15-26-23-6-4-3-5-22(23)25-24(26)19-11-13-28-14-12-19/h3-10,17,19-20,27H,11-16H2,1-2H3. The number of aliphatic hydroxyl groups excluding tert-OH is 1.